The number of para-hydroxylation sites is 1. The third-order valence-electron chi connectivity index (χ3n) is 6.96. The Labute approximate surface area is 229 Å². The van der Waals surface area contributed by atoms with Crippen molar-refractivity contribution in [1.82, 2.24) is 14.8 Å². The van der Waals surface area contributed by atoms with E-state index in [0.717, 1.165) is 34.9 Å². The van der Waals surface area contributed by atoms with Crippen LogP contribution in [0, 0.1) is 0 Å². The van der Waals surface area contributed by atoms with Gasteiger partial charge in [0, 0.05) is 42.7 Å². The van der Waals surface area contributed by atoms with Crippen molar-refractivity contribution in [1.29, 1.82) is 0 Å². The topological polar surface area (TPSA) is 101 Å². The zero-order chi connectivity index (χ0) is 27.8. The van der Waals surface area contributed by atoms with E-state index >= 15 is 0 Å². The molecule has 208 valence electrons. The van der Waals surface area contributed by atoms with Crippen molar-refractivity contribution in [2.75, 3.05) is 33.9 Å². The summed E-state index contributed by atoms with van der Waals surface area (Å²) in [5.41, 5.74) is 3.07. The number of esters is 1. The highest BCUT2D eigenvalue weighted by Gasteiger charge is 2.34. The normalized spacial score (nSPS) is 12.7. The molecule has 0 radical (unpaired) electrons. The fourth-order valence-electron chi connectivity index (χ4n) is 4.72. The molecule has 1 aliphatic carbocycles. The molecule has 2 amide bonds. The van der Waals surface area contributed by atoms with Crippen LogP contribution in [-0.2, 0) is 32.1 Å². The van der Waals surface area contributed by atoms with Crippen molar-refractivity contribution in [3.63, 3.8) is 0 Å². The van der Waals surface area contributed by atoms with E-state index in [1.54, 1.807) is 30.9 Å². The molecule has 1 aliphatic rings. The highest BCUT2D eigenvalue weighted by molar-refractivity contribution is 5.87. The molecule has 2 aromatic carbocycles. The molecule has 39 heavy (non-hydrogen) atoms. The highest BCUT2D eigenvalue weighted by Crippen LogP contribution is 2.30. The lowest BCUT2D eigenvalue weighted by atomic mass is 10.1. The third-order valence-corrected chi connectivity index (χ3v) is 6.96. The number of methoxy groups -OCH3 is 2. The number of nitrogens with one attached hydrogen (secondary N) is 1. The molecule has 1 saturated carbocycles. The quantitative estimate of drug-likeness (QED) is 0.312. The maximum absolute atomic E-state index is 13.7. The minimum atomic E-state index is -0.401. The second-order valence-corrected chi connectivity index (χ2v) is 9.67. The molecule has 1 aromatic heterocycles. The fraction of sp³-hybridized carbons (Fsp3) is 0.433. The summed E-state index contributed by atoms with van der Waals surface area (Å²) in [6.07, 6.45) is 4.42. The number of hydrogen-bond acceptors (Lipinski definition) is 6. The van der Waals surface area contributed by atoms with Gasteiger partial charge in [0.05, 0.1) is 27.2 Å². The van der Waals surface area contributed by atoms with Gasteiger partial charge in [-0.25, -0.2) is 0 Å². The minimum Gasteiger partial charge on any atom is -0.493 e. The van der Waals surface area contributed by atoms with E-state index in [4.69, 9.17) is 14.2 Å². The molecule has 4 rings (SSSR count). The van der Waals surface area contributed by atoms with E-state index in [9.17, 15) is 14.4 Å². The smallest absolute Gasteiger partial charge is 0.306 e. The third kappa shape index (κ3) is 7.31. The second-order valence-electron chi connectivity index (χ2n) is 9.67. The Balaban J connectivity index is 1.50. The molecular formula is C30H37N3O6. The van der Waals surface area contributed by atoms with E-state index in [-0.39, 0.29) is 43.8 Å². The van der Waals surface area contributed by atoms with Crippen LogP contribution in [0.25, 0.3) is 10.9 Å². The summed E-state index contributed by atoms with van der Waals surface area (Å²) in [6.45, 7) is 2.83. The van der Waals surface area contributed by atoms with Crippen molar-refractivity contribution in [3.05, 3.63) is 59.8 Å². The number of aromatic amines is 1. The van der Waals surface area contributed by atoms with Crippen LogP contribution in [0.4, 0.5) is 0 Å². The van der Waals surface area contributed by atoms with Gasteiger partial charge >= 0.3 is 5.97 Å². The largest absolute Gasteiger partial charge is 0.493 e. The number of amides is 2. The van der Waals surface area contributed by atoms with Crippen molar-refractivity contribution in [3.8, 4) is 11.5 Å². The maximum atomic E-state index is 13.7. The number of rotatable bonds is 14. The van der Waals surface area contributed by atoms with Crippen LogP contribution in [0.15, 0.2) is 48.7 Å². The summed E-state index contributed by atoms with van der Waals surface area (Å²) < 4.78 is 15.8. The molecule has 0 bridgehead atoms. The van der Waals surface area contributed by atoms with Gasteiger partial charge in [-0.2, -0.15) is 0 Å². The lowest BCUT2D eigenvalue weighted by Gasteiger charge is -2.28. The summed E-state index contributed by atoms with van der Waals surface area (Å²) in [4.78, 5) is 45.2. The van der Waals surface area contributed by atoms with Gasteiger partial charge in [-0.05, 0) is 55.5 Å². The predicted molar refractivity (Wildman–Crippen MR) is 148 cm³/mol. The Morgan fingerprint density at radius 2 is 1.74 bits per heavy atom. The van der Waals surface area contributed by atoms with Gasteiger partial charge in [-0.15, -0.1) is 0 Å². The summed E-state index contributed by atoms with van der Waals surface area (Å²) in [5, 5.41) is 1.13. The van der Waals surface area contributed by atoms with Crippen molar-refractivity contribution >= 4 is 28.7 Å². The standard InChI is InChI=1S/C30H37N3O6/c1-4-39-30(36)14-13-28(34)33(23-10-11-23)20-29(35)32(19-21-9-12-26(37-2)27(17-21)38-3)16-15-22-18-31-25-8-6-5-7-24(22)25/h5-9,12,17-18,23,31H,4,10-11,13-16,19-20H2,1-3H3. The first-order valence-electron chi connectivity index (χ1n) is 13.4. The number of carbonyl (C=O) groups excluding carboxylic acids is 3. The van der Waals surface area contributed by atoms with Crippen LogP contribution < -0.4 is 9.47 Å². The second kappa shape index (κ2) is 13.2. The van der Waals surface area contributed by atoms with Crippen molar-refractivity contribution < 1.29 is 28.6 Å². The Morgan fingerprint density at radius 1 is 0.974 bits per heavy atom. The number of carbonyl (C=O) groups is 3. The predicted octanol–water partition coefficient (Wildman–Crippen LogP) is 4.09. The van der Waals surface area contributed by atoms with Gasteiger partial charge in [0.25, 0.3) is 0 Å². The number of H-pyrrole nitrogens is 1. The first-order chi connectivity index (χ1) is 18.9. The van der Waals surface area contributed by atoms with Gasteiger partial charge < -0.3 is 29.0 Å². The molecule has 9 nitrogen and oxygen atoms in total. The van der Waals surface area contributed by atoms with Gasteiger partial charge in [-0.1, -0.05) is 24.3 Å². The van der Waals surface area contributed by atoms with Crippen LogP contribution in [-0.4, -0.2) is 72.5 Å². The van der Waals surface area contributed by atoms with Crippen LogP contribution in [0.3, 0.4) is 0 Å². The highest BCUT2D eigenvalue weighted by atomic mass is 16.5. The molecule has 0 saturated heterocycles. The zero-order valence-electron chi connectivity index (χ0n) is 22.9. The average molecular weight is 536 g/mol. The summed E-state index contributed by atoms with van der Waals surface area (Å²) in [6, 6.07) is 13.7. The van der Waals surface area contributed by atoms with Crippen molar-refractivity contribution in [2.24, 2.45) is 0 Å². The van der Waals surface area contributed by atoms with Crippen LogP contribution in [0.5, 0.6) is 11.5 Å². The summed E-state index contributed by atoms with van der Waals surface area (Å²) in [5.74, 6) is 0.474. The molecule has 9 heteroatoms. The SMILES string of the molecule is CCOC(=O)CCC(=O)N(CC(=O)N(CCc1c[nH]c2ccccc12)Cc1ccc(OC)c(OC)c1)C1CC1. The van der Waals surface area contributed by atoms with E-state index < -0.39 is 5.97 Å². The van der Waals surface area contributed by atoms with Crippen LogP contribution in [0.2, 0.25) is 0 Å². The first-order valence-corrected chi connectivity index (χ1v) is 13.4. The monoisotopic (exact) mass is 535 g/mol. The minimum absolute atomic E-state index is 0.0139. The molecule has 1 heterocycles. The Kier molecular flexibility index (Phi) is 9.46. The van der Waals surface area contributed by atoms with Crippen LogP contribution >= 0.6 is 0 Å². The number of hydrogen-bond donors (Lipinski definition) is 1. The van der Waals surface area contributed by atoms with E-state index in [0.29, 0.717) is 31.0 Å². The van der Waals surface area contributed by atoms with Crippen molar-refractivity contribution in [2.45, 2.75) is 51.6 Å². The fourth-order valence-corrected chi connectivity index (χ4v) is 4.72. The molecule has 3 aromatic rings. The number of nitrogens with zero attached hydrogens (tertiary/aromatic N) is 2. The molecular weight excluding hydrogens is 498 g/mol. The molecule has 0 unspecified atom stereocenters. The summed E-state index contributed by atoms with van der Waals surface area (Å²) >= 11 is 0. The zero-order valence-corrected chi connectivity index (χ0v) is 22.9. The first kappa shape index (κ1) is 28.0. The Hall–Kier alpha value is -4.01. The van der Waals surface area contributed by atoms with E-state index in [2.05, 4.69) is 11.1 Å². The molecule has 0 atom stereocenters. The lowest BCUT2D eigenvalue weighted by Crippen LogP contribution is -2.44. The number of fused-ring (bicyclic) bond motifs is 1. The maximum Gasteiger partial charge on any atom is 0.306 e. The van der Waals surface area contributed by atoms with Gasteiger partial charge in [0.1, 0.15) is 6.54 Å². The van der Waals surface area contributed by atoms with Gasteiger partial charge in [0.2, 0.25) is 11.8 Å². The Bertz CT molecular complexity index is 1300. The van der Waals surface area contributed by atoms with Crippen LogP contribution in [0.1, 0.15) is 43.7 Å². The van der Waals surface area contributed by atoms with E-state index in [1.165, 1.54) is 0 Å². The number of benzene rings is 2. The van der Waals surface area contributed by atoms with E-state index in [1.807, 2.05) is 42.6 Å². The number of aromatic nitrogens is 1. The lowest BCUT2D eigenvalue weighted by molar-refractivity contribution is -0.146. The molecule has 0 aliphatic heterocycles. The average Bonchev–Trinajstić information content (AvgIpc) is 3.71. The molecule has 0 spiro atoms. The number of ether oxygens (including phenoxy) is 3. The van der Waals surface area contributed by atoms with Gasteiger partial charge in [0.15, 0.2) is 11.5 Å². The van der Waals surface area contributed by atoms with Gasteiger partial charge in [-0.3, -0.25) is 14.4 Å². The Morgan fingerprint density at radius 3 is 2.46 bits per heavy atom. The summed E-state index contributed by atoms with van der Waals surface area (Å²) in [7, 11) is 3.16. The molecule has 1 fully saturated rings. The molecule has 1 N–H and O–H groups in total.